The van der Waals surface area contributed by atoms with Gasteiger partial charge in [0.25, 0.3) is 0 Å². The van der Waals surface area contributed by atoms with Crippen LogP contribution in [0.1, 0.15) is 18.1 Å². The maximum Gasteiger partial charge on any atom is 0.0837 e. The van der Waals surface area contributed by atoms with Crippen LogP contribution in [0.25, 0.3) is 0 Å². The fourth-order valence-electron chi connectivity index (χ4n) is 1.26. The van der Waals surface area contributed by atoms with E-state index in [0.29, 0.717) is 6.10 Å². The van der Waals surface area contributed by atoms with E-state index < -0.39 is 0 Å². The summed E-state index contributed by atoms with van der Waals surface area (Å²) in [4.78, 5) is 0. The van der Waals surface area contributed by atoms with Gasteiger partial charge in [-0.2, -0.15) is 0 Å². The molecule has 2 atom stereocenters. The second-order valence-corrected chi connectivity index (χ2v) is 3.12. The molecule has 0 amide bonds. The van der Waals surface area contributed by atoms with Crippen LogP contribution >= 0.6 is 0 Å². The Kier molecular flexibility index (Phi) is 2.11. The maximum atomic E-state index is 9.65. The standard InChI is InChI=1S/C10H12O2/c11-10(6-9-7-12-9)8-4-2-1-3-5-8/h1-5,9-11H,6-7H2/t9-,10+/m1/s1. The molecule has 2 rings (SSSR count). The van der Waals surface area contributed by atoms with Gasteiger partial charge < -0.3 is 9.84 Å². The molecule has 2 nitrogen and oxygen atoms in total. The zero-order chi connectivity index (χ0) is 8.39. The zero-order valence-electron chi connectivity index (χ0n) is 6.81. The Bertz CT molecular complexity index is 241. The highest BCUT2D eigenvalue weighted by Gasteiger charge is 2.26. The van der Waals surface area contributed by atoms with Gasteiger partial charge in [-0.15, -0.1) is 0 Å². The summed E-state index contributed by atoms with van der Waals surface area (Å²) in [5, 5.41) is 9.65. The summed E-state index contributed by atoms with van der Waals surface area (Å²) >= 11 is 0. The molecular weight excluding hydrogens is 152 g/mol. The molecule has 1 saturated heterocycles. The highest BCUT2D eigenvalue weighted by molar-refractivity contribution is 5.17. The number of hydrogen-bond donors (Lipinski definition) is 1. The minimum Gasteiger partial charge on any atom is -0.388 e. The van der Waals surface area contributed by atoms with Crippen LogP contribution < -0.4 is 0 Å². The first-order chi connectivity index (χ1) is 5.86. The topological polar surface area (TPSA) is 32.8 Å². The van der Waals surface area contributed by atoms with Gasteiger partial charge in [-0.25, -0.2) is 0 Å². The Labute approximate surface area is 71.8 Å². The van der Waals surface area contributed by atoms with Crippen LogP contribution in [0.5, 0.6) is 0 Å². The van der Waals surface area contributed by atoms with Gasteiger partial charge in [-0.3, -0.25) is 0 Å². The van der Waals surface area contributed by atoms with Gasteiger partial charge in [0.15, 0.2) is 0 Å². The van der Waals surface area contributed by atoms with E-state index in [9.17, 15) is 5.11 Å². The molecule has 0 saturated carbocycles. The molecular formula is C10H12O2. The molecule has 0 spiro atoms. The predicted octanol–water partition coefficient (Wildman–Crippen LogP) is 1.51. The van der Waals surface area contributed by atoms with Gasteiger partial charge in [0.05, 0.1) is 18.8 Å². The number of hydrogen-bond acceptors (Lipinski definition) is 2. The Morgan fingerprint density at radius 2 is 2.08 bits per heavy atom. The smallest absolute Gasteiger partial charge is 0.0837 e. The van der Waals surface area contributed by atoms with E-state index in [1.165, 1.54) is 0 Å². The third-order valence-electron chi connectivity index (χ3n) is 2.07. The summed E-state index contributed by atoms with van der Waals surface area (Å²) in [6.45, 7) is 0.809. The first-order valence-corrected chi connectivity index (χ1v) is 4.21. The molecule has 2 heteroatoms. The molecule has 0 aliphatic carbocycles. The second kappa shape index (κ2) is 3.25. The first kappa shape index (κ1) is 7.77. The van der Waals surface area contributed by atoms with Crippen molar-refractivity contribution in [1.29, 1.82) is 0 Å². The number of aliphatic hydroxyl groups excluding tert-OH is 1. The van der Waals surface area contributed by atoms with Crippen molar-refractivity contribution >= 4 is 0 Å². The number of ether oxygens (including phenoxy) is 1. The van der Waals surface area contributed by atoms with Crippen LogP contribution in [-0.4, -0.2) is 17.8 Å². The van der Waals surface area contributed by atoms with Gasteiger partial charge in [0, 0.05) is 6.42 Å². The average molecular weight is 164 g/mol. The first-order valence-electron chi connectivity index (χ1n) is 4.21. The normalized spacial score (nSPS) is 23.6. The van der Waals surface area contributed by atoms with Crippen LogP contribution in [0.15, 0.2) is 30.3 Å². The minimum atomic E-state index is -0.362. The predicted molar refractivity (Wildman–Crippen MR) is 45.8 cm³/mol. The molecule has 1 aliphatic heterocycles. The van der Waals surface area contributed by atoms with E-state index in [-0.39, 0.29) is 6.10 Å². The molecule has 0 bridgehead atoms. The Balaban J connectivity index is 1.98. The Morgan fingerprint density at radius 1 is 1.42 bits per heavy atom. The third-order valence-corrected chi connectivity index (χ3v) is 2.07. The quantitative estimate of drug-likeness (QED) is 0.687. The summed E-state index contributed by atoms with van der Waals surface area (Å²) in [5.41, 5.74) is 0.980. The summed E-state index contributed by atoms with van der Waals surface area (Å²) in [5.74, 6) is 0. The van der Waals surface area contributed by atoms with Crippen molar-refractivity contribution in [2.45, 2.75) is 18.6 Å². The molecule has 1 fully saturated rings. The molecule has 0 unspecified atom stereocenters. The van der Waals surface area contributed by atoms with Crippen molar-refractivity contribution < 1.29 is 9.84 Å². The fourth-order valence-corrected chi connectivity index (χ4v) is 1.26. The number of epoxide rings is 1. The van der Waals surface area contributed by atoms with Crippen LogP contribution in [0.4, 0.5) is 0 Å². The van der Waals surface area contributed by atoms with Crippen LogP contribution in [0.3, 0.4) is 0 Å². The maximum absolute atomic E-state index is 9.65. The molecule has 1 aromatic rings. The fraction of sp³-hybridized carbons (Fsp3) is 0.400. The van der Waals surface area contributed by atoms with E-state index in [0.717, 1.165) is 18.6 Å². The molecule has 64 valence electrons. The lowest BCUT2D eigenvalue weighted by Crippen LogP contribution is -2.00. The largest absolute Gasteiger partial charge is 0.388 e. The van der Waals surface area contributed by atoms with Gasteiger partial charge in [0.2, 0.25) is 0 Å². The van der Waals surface area contributed by atoms with Crippen molar-refractivity contribution in [3.63, 3.8) is 0 Å². The van der Waals surface area contributed by atoms with Crippen LogP contribution in [0, 0.1) is 0 Å². The van der Waals surface area contributed by atoms with Crippen molar-refractivity contribution in [1.82, 2.24) is 0 Å². The highest BCUT2D eigenvalue weighted by Crippen LogP contribution is 2.24. The van der Waals surface area contributed by atoms with Gasteiger partial charge in [-0.1, -0.05) is 30.3 Å². The van der Waals surface area contributed by atoms with Gasteiger partial charge in [-0.05, 0) is 5.56 Å². The minimum absolute atomic E-state index is 0.292. The van der Waals surface area contributed by atoms with Gasteiger partial charge in [0.1, 0.15) is 0 Å². The summed E-state index contributed by atoms with van der Waals surface area (Å²) in [7, 11) is 0. The molecule has 1 aliphatic rings. The third kappa shape index (κ3) is 1.84. The van der Waals surface area contributed by atoms with Gasteiger partial charge >= 0.3 is 0 Å². The molecule has 1 heterocycles. The number of benzene rings is 1. The van der Waals surface area contributed by atoms with E-state index in [1.807, 2.05) is 30.3 Å². The molecule has 0 aromatic heterocycles. The number of aliphatic hydroxyl groups is 1. The highest BCUT2D eigenvalue weighted by atomic mass is 16.6. The Morgan fingerprint density at radius 3 is 2.67 bits per heavy atom. The van der Waals surface area contributed by atoms with E-state index in [1.54, 1.807) is 0 Å². The monoisotopic (exact) mass is 164 g/mol. The lowest BCUT2D eigenvalue weighted by atomic mass is 10.1. The van der Waals surface area contributed by atoms with Crippen molar-refractivity contribution in [2.75, 3.05) is 6.61 Å². The summed E-state index contributed by atoms with van der Waals surface area (Å²) in [6.07, 6.45) is 0.656. The number of rotatable bonds is 3. The molecule has 1 N–H and O–H groups in total. The Hall–Kier alpha value is -0.860. The SMILES string of the molecule is O[C@@H](C[C@@H]1CO1)c1ccccc1. The van der Waals surface area contributed by atoms with Crippen molar-refractivity contribution in [3.8, 4) is 0 Å². The average Bonchev–Trinajstić information content (AvgIpc) is 2.90. The lowest BCUT2D eigenvalue weighted by molar-refractivity contribution is 0.154. The van der Waals surface area contributed by atoms with E-state index >= 15 is 0 Å². The summed E-state index contributed by atoms with van der Waals surface area (Å²) in [6, 6.07) is 9.70. The molecule has 12 heavy (non-hydrogen) atoms. The van der Waals surface area contributed by atoms with Crippen LogP contribution in [0.2, 0.25) is 0 Å². The zero-order valence-corrected chi connectivity index (χ0v) is 6.81. The lowest BCUT2D eigenvalue weighted by Gasteiger charge is -2.07. The van der Waals surface area contributed by atoms with Crippen molar-refractivity contribution in [3.05, 3.63) is 35.9 Å². The molecule has 1 aromatic carbocycles. The van der Waals surface area contributed by atoms with E-state index in [4.69, 9.17) is 4.74 Å². The van der Waals surface area contributed by atoms with Crippen LogP contribution in [-0.2, 0) is 4.74 Å². The summed E-state index contributed by atoms with van der Waals surface area (Å²) < 4.78 is 5.04. The second-order valence-electron chi connectivity index (χ2n) is 3.12. The van der Waals surface area contributed by atoms with E-state index in [2.05, 4.69) is 0 Å². The molecule has 0 radical (unpaired) electrons. The van der Waals surface area contributed by atoms with Crippen molar-refractivity contribution in [2.24, 2.45) is 0 Å².